The van der Waals surface area contributed by atoms with Crippen molar-refractivity contribution < 1.29 is 24.6 Å². The molecule has 6 heteroatoms. The molecular formula is C10H11NO5. The number of aromatic hydroxyl groups is 1. The number of phenolic OH excluding ortho intramolecular Hbond substituents is 1. The highest BCUT2D eigenvalue weighted by Gasteiger charge is 2.00. The van der Waals surface area contributed by atoms with E-state index in [-0.39, 0.29) is 5.75 Å². The number of hydrogen-bond acceptors (Lipinski definition) is 5. The van der Waals surface area contributed by atoms with Crippen LogP contribution in [0.3, 0.4) is 0 Å². The molecule has 0 spiro atoms. The third-order valence-corrected chi connectivity index (χ3v) is 1.67. The summed E-state index contributed by atoms with van der Waals surface area (Å²) in [5.74, 6) is -0.775. The Morgan fingerprint density at radius 2 is 2.31 bits per heavy atom. The number of hydrogen-bond donors (Lipinski definition) is 2. The second-order valence-electron chi connectivity index (χ2n) is 2.83. The molecular weight excluding hydrogens is 214 g/mol. The summed E-state index contributed by atoms with van der Waals surface area (Å²) in [7, 11) is 1.44. The minimum absolute atomic E-state index is 0.0234. The number of ether oxygens (including phenoxy) is 1. The van der Waals surface area contributed by atoms with Gasteiger partial charge in [-0.05, 0) is 23.8 Å². The van der Waals surface area contributed by atoms with E-state index in [1.165, 1.54) is 19.4 Å². The SMILES string of the molecule is COc1ccc(C=NOCC(=O)O)cc1O. The topological polar surface area (TPSA) is 88.4 Å². The zero-order valence-corrected chi connectivity index (χ0v) is 8.58. The Kier molecular flexibility index (Phi) is 4.14. The summed E-state index contributed by atoms with van der Waals surface area (Å²) in [6.07, 6.45) is 1.29. The van der Waals surface area contributed by atoms with E-state index in [1.807, 2.05) is 0 Å². The van der Waals surface area contributed by atoms with Crippen molar-refractivity contribution in [1.82, 2.24) is 0 Å². The minimum Gasteiger partial charge on any atom is -0.504 e. The number of benzene rings is 1. The van der Waals surface area contributed by atoms with Gasteiger partial charge < -0.3 is 19.8 Å². The molecule has 0 saturated heterocycles. The van der Waals surface area contributed by atoms with Crippen LogP contribution in [0.1, 0.15) is 5.56 Å². The third kappa shape index (κ3) is 3.49. The van der Waals surface area contributed by atoms with Gasteiger partial charge in [-0.15, -0.1) is 0 Å². The maximum atomic E-state index is 10.1. The molecule has 0 radical (unpaired) electrons. The lowest BCUT2D eigenvalue weighted by molar-refractivity contribution is -0.142. The number of carboxylic acids is 1. The average Bonchev–Trinajstić information content (AvgIpc) is 2.24. The smallest absolute Gasteiger partial charge is 0.344 e. The quantitative estimate of drug-likeness (QED) is 0.572. The fourth-order valence-electron chi connectivity index (χ4n) is 0.978. The molecule has 1 rings (SSSR count). The standard InChI is InChI=1S/C10H11NO5/c1-15-9-3-2-7(4-8(9)12)5-11-16-6-10(13)14/h2-5,12H,6H2,1H3,(H,13,14). The third-order valence-electron chi connectivity index (χ3n) is 1.67. The van der Waals surface area contributed by atoms with Crippen molar-refractivity contribution in [1.29, 1.82) is 0 Å². The Labute approximate surface area is 91.7 Å². The molecule has 86 valence electrons. The van der Waals surface area contributed by atoms with Gasteiger partial charge in [-0.25, -0.2) is 4.79 Å². The van der Waals surface area contributed by atoms with Crippen LogP contribution >= 0.6 is 0 Å². The molecule has 1 aromatic carbocycles. The van der Waals surface area contributed by atoms with E-state index in [0.29, 0.717) is 11.3 Å². The van der Waals surface area contributed by atoms with Crippen LogP contribution in [0.25, 0.3) is 0 Å². The van der Waals surface area contributed by atoms with Gasteiger partial charge in [0.25, 0.3) is 0 Å². The van der Waals surface area contributed by atoms with E-state index in [0.717, 1.165) is 0 Å². The van der Waals surface area contributed by atoms with Crippen LogP contribution in [0.5, 0.6) is 11.5 Å². The molecule has 0 amide bonds. The summed E-state index contributed by atoms with van der Waals surface area (Å²) in [6.45, 7) is -0.501. The Morgan fingerprint density at radius 3 is 2.88 bits per heavy atom. The lowest BCUT2D eigenvalue weighted by Crippen LogP contribution is -2.03. The Hall–Kier alpha value is -2.24. The fourth-order valence-corrected chi connectivity index (χ4v) is 0.978. The van der Waals surface area contributed by atoms with Crippen LogP contribution in [0.2, 0.25) is 0 Å². The van der Waals surface area contributed by atoms with Gasteiger partial charge in [0.05, 0.1) is 13.3 Å². The zero-order chi connectivity index (χ0) is 12.0. The molecule has 0 unspecified atom stereocenters. The normalized spacial score (nSPS) is 10.3. The van der Waals surface area contributed by atoms with E-state index in [4.69, 9.17) is 9.84 Å². The number of phenols is 1. The van der Waals surface area contributed by atoms with Crippen LogP contribution in [-0.4, -0.2) is 36.1 Å². The van der Waals surface area contributed by atoms with Gasteiger partial charge in [-0.2, -0.15) is 0 Å². The highest BCUT2D eigenvalue weighted by atomic mass is 16.6. The minimum atomic E-state index is -1.10. The number of carbonyl (C=O) groups is 1. The maximum absolute atomic E-state index is 10.1. The lowest BCUT2D eigenvalue weighted by Gasteiger charge is -2.02. The molecule has 6 nitrogen and oxygen atoms in total. The lowest BCUT2D eigenvalue weighted by atomic mass is 10.2. The van der Waals surface area contributed by atoms with Crippen molar-refractivity contribution in [2.75, 3.05) is 13.7 Å². The van der Waals surface area contributed by atoms with Crippen LogP contribution in [-0.2, 0) is 9.63 Å². The highest BCUT2D eigenvalue weighted by Crippen LogP contribution is 2.25. The van der Waals surface area contributed by atoms with Crippen molar-refractivity contribution in [3.63, 3.8) is 0 Å². The van der Waals surface area contributed by atoms with E-state index >= 15 is 0 Å². The Bertz CT molecular complexity index is 402. The number of methoxy groups -OCH3 is 1. The molecule has 0 saturated carbocycles. The zero-order valence-electron chi connectivity index (χ0n) is 8.58. The van der Waals surface area contributed by atoms with Crippen molar-refractivity contribution in [3.05, 3.63) is 23.8 Å². The first kappa shape index (κ1) is 11.8. The van der Waals surface area contributed by atoms with E-state index in [1.54, 1.807) is 12.1 Å². The summed E-state index contributed by atoms with van der Waals surface area (Å²) in [4.78, 5) is 14.5. The Morgan fingerprint density at radius 1 is 1.56 bits per heavy atom. The predicted octanol–water partition coefficient (Wildman–Crippen LogP) is 0.836. The molecule has 0 aliphatic rings. The predicted molar refractivity (Wildman–Crippen MR) is 55.8 cm³/mol. The number of carboxylic acid groups (broad SMARTS) is 1. The molecule has 0 fully saturated rings. The molecule has 0 aliphatic carbocycles. The molecule has 1 aromatic rings. The second kappa shape index (κ2) is 5.59. The van der Waals surface area contributed by atoms with Crippen molar-refractivity contribution in [2.45, 2.75) is 0 Å². The largest absolute Gasteiger partial charge is 0.504 e. The summed E-state index contributed by atoms with van der Waals surface area (Å²) in [5.41, 5.74) is 0.573. The van der Waals surface area contributed by atoms with Gasteiger partial charge >= 0.3 is 5.97 Å². The van der Waals surface area contributed by atoms with Gasteiger partial charge in [0, 0.05) is 0 Å². The second-order valence-corrected chi connectivity index (χ2v) is 2.83. The highest BCUT2D eigenvalue weighted by molar-refractivity contribution is 5.80. The molecule has 2 N–H and O–H groups in total. The molecule has 0 heterocycles. The van der Waals surface area contributed by atoms with Gasteiger partial charge in [0.15, 0.2) is 11.5 Å². The first-order valence-electron chi connectivity index (χ1n) is 4.37. The van der Waals surface area contributed by atoms with E-state index in [9.17, 15) is 9.90 Å². The molecule has 0 aromatic heterocycles. The first-order chi connectivity index (χ1) is 7.63. The van der Waals surface area contributed by atoms with Crippen LogP contribution in [0, 0.1) is 0 Å². The van der Waals surface area contributed by atoms with Gasteiger partial charge in [0.2, 0.25) is 6.61 Å². The molecule has 16 heavy (non-hydrogen) atoms. The average molecular weight is 225 g/mol. The summed E-state index contributed by atoms with van der Waals surface area (Å²) in [5, 5.41) is 21.1. The van der Waals surface area contributed by atoms with E-state index < -0.39 is 12.6 Å². The van der Waals surface area contributed by atoms with Crippen LogP contribution in [0.4, 0.5) is 0 Å². The molecule has 0 aliphatic heterocycles. The van der Waals surface area contributed by atoms with Crippen molar-refractivity contribution in [3.8, 4) is 11.5 Å². The van der Waals surface area contributed by atoms with E-state index in [2.05, 4.69) is 9.99 Å². The first-order valence-corrected chi connectivity index (χ1v) is 4.37. The number of aliphatic carboxylic acids is 1. The number of rotatable bonds is 5. The Balaban J connectivity index is 2.61. The maximum Gasteiger partial charge on any atom is 0.344 e. The van der Waals surface area contributed by atoms with Crippen molar-refractivity contribution >= 4 is 12.2 Å². The summed E-state index contributed by atoms with van der Waals surface area (Å²) < 4.78 is 4.85. The van der Waals surface area contributed by atoms with Crippen LogP contribution in [0.15, 0.2) is 23.4 Å². The molecule has 0 bridgehead atoms. The summed E-state index contributed by atoms with van der Waals surface area (Å²) in [6, 6.07) is 4.63. The van der Waals surface area contributed by atoms with Gasteiger partial charge in [-0.1, -0.05) is 5.16 Å². The number of oxime groups is 1. The summed E-state index contributed by atoms with van der Waals surface area (Å²) >= 11 is 0. The fraction of sp³-hybridized carbons (Fsp3) is 0.200. The van der Waals surface area contributed by atoms with Gasteiger partial charge in [-0.3, -0.25) is 0 Å². The number of nitrogens with zero attached hydrogens (tertiary/aromatic N) is 1. The molecule has 0 atom stereocenters. The van der Waals surface area contributed by atoms with Crippen LogP contribution < -0.4 is 4.74 Å². The van der Waals surface area contributed by atoms with Crippen molar-refractivity contribution in [2.24, 2.45) is 5.16 Å². The van der Waals surface area contributed by atoms with Gasteiger partial charge in [0.1, 0.15) is 0 Å². The monoisotopic (exact) mass is 225 g/mol.